The van der Waals surface area contributed by atoms with Gasteiger partial charge in [0.15, 0.2) is 0 Å². The van der Waals surface area contributed by atoms with Crippen LogP contribution >= 0.6 is 0 Å². The Morgan fingerprint density at radius 3 is 2.68 bits per heavy atom. The lowest BCUT2D eigenvalue weighted by atomic mass is 10.1. The fraction of sp³-hybridized carbons (Fsp3) is 0.158. The highest BCUT2D eigenvalue weighted by molar-refractivity contribution is 5.89. The third-order valence-electron chi connectivity index (χ3n) is 3.88. The van der Waals surface area contributed by atoms with E-state index in [0.717, 1.165) is 5.56 Å². The van der Waals surface area contributed by atoms with E-state index in [2.05, 4.69) is 15.6 Å². The average Bonchev–Trinajstić information content (AvgIpc) is 2.99. The number of aromatic nitrogens is 2. The smallest absolute Gasteiger partial charge is 0.320 e. The normalized spacial score (nSPS) is 11.8. The second-order valence-electron chi connectivity index (χ2n) is 5.82. The number of hydrogen-bond acceptors (Lipinski definition) is 2. The highest BCUT2D eigenvalue weighted by Crippen LogP contribution is 2.23. The van der Waals surface area contributed by atoms with E-state index >= 15 is 0 Å². The van der Waals surface area contributed by atoms with Gasteiger partial charge in [-0.15, -0.1) is 0 Å². The number of aryl methyl sites for hydroxylation is 2. The standard InChI is InChI=1S/C19H19FN4O/c1-13-6-5-7-14(12-13)22-19(25)23-17(18-21-10-11-24(18)2)15-8-3-4-9-16(15)20/h3-12,17H,1-2H3,(H2,22,23,25). The topological polar surface area (TPSA) is 59.0 Å². The van der Waals surface area contributed by atoms with Gasteiger partial charge in [-0.25, -0.2) is 14.2 Å². The SMILES string of the molecule is Cc1cccc(NC(=O)NC(c2ccccc2F)c2nccn2C)c1. The number of rotatable bonds is 4. The quantitative estimate of drug-likeness (QED) is 0.760. The Labute approximate surface area is 145 Å². The summed E-state index contributed by atoms with van der Waals surface area (Å²) in [5.41, 5.74) is 2.06. The van der Waals surface area contributed by atoms with Crippen molar-refractivity contribution >= 4 is 11.7 Å². The van der Waals surface area contributed by atoms with E-state index in [1.807, 2.05) is 25.1 Å². The van der Waals surface area contributed by atoms with Crippen LogP contribution in [0, 0.1) is 12.7 Å². The van der Waals surface area contributed by atoms with Crippen molar-refractivity contribution in [3.8, 4) is 0 Å². The highest BCUT2D eigenvalue weighted by atomic mass is 19.1. The van der Waals surface area contributed by atoms with Crippen molar-refractivity contribution in [3.05, 3.63) is 83.7 Å². The maximum atomic E-state index is 14.3. The molecule has 0 fully saturated rings. The van der Waals surface area contributed by atoms with Gasteiger partial charge in [0.2, 0.25) is 0 Å². The second-order valence-corrected chi connectivity index (χ2v) is 5.82. The molecule has 0 radical (unpaired) electrons. The molecule has 3 aromatic rings. The molecule has 0 aliphatic carbocycles. The van der Waals surface area contributed by atoms with Gasteiger partial charge in [-0.3, -0.25) is 0 Å². The van der Waals surface area contributed by atoms with Crippen molar-refractivity contribution in [2.45, 2.75) is 13.0 Å². The fourth-order valence-electron chi connectivity index (χ4n) is 2.67. The van der Waals surface area contributed by atoms with Crippen molar-refractivity contribution in [2.24, 2.45) is 7.05 Å². The first kappa shape index (κ1) is 16.7. The van der Waals surface area contributed by atoms with Crippen molar-refractivity contribution in [2.75, 3.05) is 5.32 Å². The zero-order valence-corrected chi connectivity index (χ0v) is 14.0. The maximum Gasteiger partial charge on any atom is 0.320 e. The molecular weight excluding hydrogens is 319 g/mol. The summed E-state index contributed by atoms with van der Waals surface area (Å²) in [5, 5.41) is 5.59. The van der Waals surface area contributed by atoms with Crippen LogP contribution in [0.4, 0.5) is 14.9 Å². The number of nitrogens with zero attached hydrogens (tertiary/aromatic N) is 2. The van der Waals surface area contributed by atoms with Crippen LogP contribution in [0.15, 0.2) is 60.9 Å². The molecule has 1 atom stereocenters. The molecule has 0 spiro atoms. The Kier molecular flexibility index (Phi) is 4.79. The van der Waals surface area contributed by atoms with Crippen LogP contribution in [0.3, 0.4) is 0 Å². The molecule has 1 unspecified atom stereocenters. The van der Waals surface area contributed by atoms with Crippen LogP contribution in [0.5, 0.6) is 0 Å². The predicted molar refractivity (Wildman–Crippen MR) is 94.8 cm³/mol. The van der Waals surface area contributed by atoms with Gasteiger partial charge in [0.05, 0.1) is 0 Å². The molecular formula is C19H19FN4O. The largest absolute Gasteiger partial charge is 0.336 e. The first-order valence-corrected chi connectivity index (χ1v) is 7.90. The van der Waals surface area contributed by atoms with Gasteiger partial charge >= 0.3 is 6.03 Å². The van der Waals surface area contributed by atoms with E-state index in [-0.39, 0.29) is 0 Å². The Hall–Kier alpha value is -3.15. The van der Waals surface area contributed by atoms with Crippen LogP contribution in [-0.2, 0) is 7.05 Å². The summed E-state index contributed by atoms with van der Waals surface area (Å²) in [6.45, 7) is 1.94. The van der Waals surface area contributed by atoms with Gasteiger partial charge in [-0.05, 0) is 30.7 Å². The second kappa shape index (κ2) is 7.17. The Morgan fingerprint density at radius 2 is 2.00 bits per heavy atom. The van der Waals surface area contributed by atoms with Gasteiger partial charge in [-0.2, -0.15) is 0 Å². The Balaban J connectivity index is 1.87. The minimum Gasteiger partial charge on any atom is -0.336 e. The molecule has 2 amide bonds. The molecule has 3 rings (SSSR count). The molecule has 25 heavy (non-hydrogen) atoms. The molecule has 0 saturated carbocycles. The summed E-state index contributed by atoms with van der Waals surface area (Å²) in [4.78, 5) is 16.7. The van der Waals surface area contributed by atoms with E-state index in [1.165, 1.54) is 6.07 Å². The van der Waals surface area contributed by atoms with Gasteiger partial charge in [0.25, 0.3) is 0 Å². The molecule has 2 aromatic carbocycles. The lowest BCUT2D eigenvalue weighted by Gasteiger charge is -2.20. The summed E-state index contributed by atoms with van der Waals surface area (Å²) in [5.74, 6) is 0.149. The van der Waals surface area contributed by atoms with Crippen LogP contribution in [0.25, 0.3) is 0 Å². The van der Waals surface area contributed by atoms with Crippen LogP contribution in [0.2, 0.25) is 0 Å². The van der Waals surface area contributed by atoms with Gasteiger partial charge in [-0.1, -0.05) is 30.3 Å². The number of benzene rings is 2. The number of nitrogens with one attached hydrogen (secondary N) is 2. The zero-order valence-electron chi connectivity index (χ0n) is 14.0. The minimum atomic E-state index is -0.703. The molecule has 0 saturated heterocycles. The lowest BCUT2D eigenvalue weighted by molar-refractivity contribution is 0.249. The van der Waals surface area contributed by atoms with Crippen molar-refractivity contribution < 1.29 is 9.18 Å². The van der Waals surface area contributed by atoms with E-state index in [9.17, 15) is 9.18 Å². The number of amides is 2. The first-order chi connectivity index (χ1) is 12.0. The molecule has 0 bridgehead atoms. The number of imidazole rings is 1. The number of anilines is 1. The number of carbonyl (C=O) groups excluding carboxylic acids is 1. The highest BCUT2D eigenvalue weighted by Gasteiger charge is 2.23. The molecule has 2 N–H and O–H groups in total. The van der Waals surface area contributed by atoms with Gasteiger partial charge in [0, 0.05) is 30.7 Å². The third kappa shape index (κ3) is 3.85. The third-order valence-corrected chi connectivity index (χ3v) is 3.88. The summed E-state index contributed by atoms with van der Waals surface area (Å²) in [6.07, 6.45) is 3.37. The Bertz CT molecular complexity index is 890. The zero-order chi connectivity index (χ0) is 17.8. The minimum absolute atomic E-state index is 0.358. The van der Waals surface area contributed by atoms with Crippen molar-refractivity contribution in [3.63, 3.8) is 0 Å². The number of urea groups is 1. The molecule has 128 valence electrons. The van der Waals surface area contributed by atoms with Crippen molar-refractivity contribution in [1.29, 1.82) is 0 Å². The average molecular weight is 338 g/mol. The van der Waals surface area contributed by atoms with E-state index in [0.29, 0.717) is 17.1 Å². The van der Waals surface area contributed by atoms with Crippen molar-refractivity contribution in [1.82, 2.24) is 14.9 Å². The summed E-state index contributed by atoms with van der Waals surface area (Å²) in [6, 6.07) is 12.7. The predicted octanol–water partition coefficient (Wildman–Crippen LogP) is 3.78. The summed E-state index contributed by atoms with van der Waals surface area (Å²) >= 11 is 0. The molecule has 0 aliphatic rings. The first-order valence-electron chi connectivity index (χ1n) is 7.90. The van der Waals surface area contributed by atoms with Crippen LogP contribution in [0.1, 0.15) is 23.0 Å². The maximum absolute atomic E-state index is 14.3. The number of hydrogen-bond donors (Lipinski definition) is 2. The summed E-state index contributed by atoms with van der Waals surface area (Å²) < 4.78 is 16.0. The number of halogens is 1. The number of carbonyl (C=O) groups is 1. The Morgan fingerprint density at radius 1 is 1.20 bits per heavy atom. The fourth-order valence-corrected chi connectivity index (χ4v) is 2.67. The van der Waals surface area contributed by atoms with Gasteiger partial charge < -0.3 is 15.2 Å². The van der Waals surface area contributed by atoms with E-state index in [4.69, 9.17) is 0 Å². The molecule has 1 aromatic heterocycles. The van der Waals surface area contributed by atoms with Crippen LogP contribution in [-0.4, -0.2) is 15.6 Å². The monoisotopic (exact) mass is 338 g/mol. The molecule has 6 heteroatoms. The molecule has 0 aliphatic heterocycles. The summed E-state index contributed by atoms with van der Waals surface area (Å²) in [7, 11) is 1.80. The van der Waals surface area contributed by atoms with E-state index in [1.54, 1.807) is 48.3 Å². The lowest BCUT2D eigenvalue weighted by Crippen LogP contribution is -2.35. The van der Waals surface area contributed by atoms with E-state index < -0.39 is 17.9 Å². The molecule has 1 heterocycles. The molecule has 5 nitrogen and oxygen atoms in total. The van der Waals surface area contributed by atoms with Crippen LogP contribution < -0.4 is 10.6 Å². The van der Waals surface area contributed by atoms with Gasteiger partial charge in [0.1, 0.15) is 17.7 Å².